The molecule has 0 spiro atoms. The van der Waals surface area contributed by atoms with Crippen molar-refractivity contribution >= 4 is 38.9 Å². The van der Waals surface area contributed by atoms with Gasteiger partial charge in [-0.1, -0.05) is 15.9 Å². The van der Waals surface area contributed by atoms with E-state index >= 15 is 0 Å². The molecule has 2 rings (SSSR count). The average Bonchev–Trinajstić information content (AvgIpc) is 2.81. The van der Waals surface area contributed by atoms with Crippen LogP contribution in [0.15, 0.2) is 28.1 Å². The van der Waals surface area contributed by atoms with Crippen LogP contribution in [-0.4, -0.2) is 10.9 Å². The number of thiazole rings is 1. The Morgan fingerprint density at radius 2 is 2.33 bits per heavy atom. The van der Waals surface area contributed by atoms with Crippen LogP contribution < -0.4 is 11.1 Å². The fourth-order valence-corrected chi connectivity index (χ4v) is 2.59. The van der Waals surface area contributed by atoms with Gasteiger partial charge in [0.1, 0.15) is 10.7 Å². The number of carbonyl (C=O) groups excluding carboxylic acids is 1. The van der Waals surface area contributed by atoms with Gasteiger partial charge in [0.2, 0.25) is 0 Å². The Morgan fingerprint density at radius 1 is 1.56 bits per heavy atom. The highest BCUT2D eigenvalue weighted by atomic mass is 79.9. The second-order valence-electron chi connectivity index (χ2n) is 3.74. The number of carbonyl (C=O) groups is 1. The summed E-state index contributed by atoms with van der Waals surface area (Å²) in [5.41, 5.74) is 7.65. The second kappa shape index (κ2) is 5.60. The number of amides is 1. The number of halogens is 1. The number of nitrogens with one attached hydrogen (secondary N) is 1. The Morgan fingerprint density at radius 3 is 2.94 bits per heavy atom. The zero-order valence-corrected chi connectivity index (χ0v) is 12.1. The number of aromatic nitrogens is 1. The maximum atomic E-state index is 12.0. The Balaban J connectivity index is 2.16. The molecule has 0 radical (unpaired) electrons. The first kappa shape index (κ1) is 13.2. The molecule has 0 bridgehead atoms. The summed E-state index contributed by atoms with van der Waals surface area (Å²) < 4.78 is 0.983. The number of aryl methyl sites for hydroxylation is 1. The third-order valence-corrected chi connectivity index (χ3v) is 3.76. The van der Waals surface area contributed by atoms with Crippen LogP contribution >= 0.6 is 27.3 Å². The molecule has 1 heterocycles. The first-order chi connectivity index (χ1) is 8.60. The molecule has 0 saturated carbocycles. The molecule has 18 heavy (non-hydrogen) atoms. The van der Waals surface area contributed by atoms with E-state index in [9.17, 15) is 4.79 Å². The lowest BCUT2D eigenvalue weighted by Gasteiger charge is -2.07. The van der Waals surface area contributed by atoms with Crippen molar-refractivity contribution in [3.05, 3.63) is 44.3 Å². The number of nitrogens with two attached hydrogens (primary N) is 1. The maximum Gasteiger partial charge on any atom is 0.275 e. The predicted molar refractivity (Wildman–Crippen MR) is 76.8 cm³/mol. The van der Waals surface area contributed by atoms with Crippen LogP contribution in [0.2, 0.25) is 0 Å². The lowest BCUT2D eigenvalue weighted by molar-refractivity contribution is 0.102. The molecule has 1 amide bonds. The van der Waals surface area contributed by atoms with Gasteiger partial charge in [-0.3, -0.25) is 4.79 Å². The molecule has 2 aromatic rings. The van der Waals surface area contributed by atoms with Gasteiger partial charge in [-0.2, -0.15) is 0 Å². The minimum atomic E-state index is -0.212. The van der Waals surface area contributed by atoms with E-state index in [1.165, 1.54) is 11.3 Å². The van der Waals surface area contributed by atoms with Gasteiger partial charge in [0.15, 0.2) is 0 Å². The smallest absolute Gasteiger partial charge is 0.275 e. The van der Waals surface area contributed by atoms with E-state index in [1.807, 2.05) is 25.1 Å². The van der Waals surface area contributed by atoms with Gasteiger partial charge in [-0.05, 0) is 30.7 Å². The molecular weight excluding hydrogens is 314 g/mol. The third kappa shape index (κ3) is 2.95. The van der Waals surface area contributed by atoms with Crippen LogP contribution in [0.25, 0.3) is 0 Å². The molecule has 94 valence electrons. The summed E-state index contributed by atoms with van der Waals surface area (Å²) in [4.78, 5) is 16.1. The number of anilines is 1. The number of nitrogens with zero attached hydrogens (tertiary/aromatic N) is 1. The number of hydrogen-bond acceptors (Lipinski definition) is 4. The highest BCUT2D eigenvalue weighted by Crippen LogP contribution is 2.21. The average molecular weight is 326 g/mol. The lowest BCUT2D eigenvalue weighted by atomic mass is 10.2. The third-order valence-electron chi connectivity index (χ3n) is 2.40. The number of rotatable bonds is 3. The van der Waals surface area contributed by atoms with Crippen molar-refractivity contribution < 1.29 is 4.79 Å². The normalized spacial score (nSPS) is 10.4. The van der Waals surface area contributed by atoms with E-state index in [0.29, 0.717) is 12.2 Å². The Hall–Kier alpha value is -1.24. The largest absolute Gasteiger partial charge is 0.325 e. The summed E-state index contributed by atoms with van der Waals surface area (Å²) in [6.45, 7) is 2.29. The molecule has 0 saturated heterocycles. The molecule has 4 nitrogen and oxygen atoms in total. The van der Waals surface area contributed by atoms with Crippen molar-refractivity contribution in [3.8, 4) is 0 Å². The van der Waals surface area contributed by atoms with Crippen molar-refractivity contribution in [3.63, 3.8) is 0 Å². The summed E-state index contributed by atoms with van der Waals surface area (Å²) in [6, 6.07) is 5.68. The van der Waals surface area contributed by atoms with Gasteiger partial charge in [-0.15, -0.1) is 11.3 Å². The molecule has 0 aliphatic carbocycles. The van der Waals surface area contributed by atoms with Crippen molar-refractivity contribution in [2.45, 2.75) is 13.5 Å². The molecule has 0 fully saturated rings. The maximum absolute atomic E-state index is 12.0. The molecule has 0 atom stereocenters. The molecule has 1 aromatic heterocycles. The van der Waals surface area contributed by atoms with Crippen molar-refractivity contribution in [1.29, 1.82) is 0 Å². The minimum Gasteiger partial charge on any atom is -0.325 e. The SMILES string of the molecule is Cc1cc(Br)ccc1NC(=O)c1csc(CN)n1. The van der Waals surface area contributed by atoms with Gasteiger partial charge in [0.05, 0.1) is 0 Å². The topological polar surface area (TPSA) is 68.0 Å². The molecule has 0 unspecified atom stereocenters. The van der Waals surface area contributed by atoms with Crippen LogP contribution in [0.4, 0.5) is 5.69 Å². The summed E-state index contributed by atoms with van der Waals surface area (Å²) in [6.07, 6.45) is 0. The van der Waals surface area contributed by atoms with Crippen LogP contribution in [0, 0.1) is 6.92 Å². The first-order valence-electron chi connectivity index (χ1n) is 5.32. The van der Waals surface area contributed by atoms with E-state index in [2.05, 4.69) is 26.2 Å². The molecule has 1 aromatic carbocycles. The highest BCUT2D eigenvalue weighted by Gasteiger charge is 2.11. The first-order valence-corrected chi connectivity index (χ1v) is 6.99. The fraction of sp³-hybridized carbons (Fsp3) is 0.167. The van der Waals surface area contributed by atoms with Crippen LogP contribution in [0.5, 0.6) is 0 Å². The van der Waals surface area contributed by atoms with E-state index in [4.69, 9.17) is 5.73 Å². The summed E-state index contributed by atoms with van der Waals surface area (Å²) in [7, 11) is 0. The summed E-state index contributed by atoms with van der Waals surface area (Å²) in [5.74, 6) is -0.212. The van der Waals surface area contributed by atoms with Gasteiger partial charge < -0.3 is 11.1 Å². The van der Waals surface area contributed by atoms with Crippen LogP contribution in [-0.2, 0) is 6.54 Å². The van der Waals surface area contributed by atoms with Crippen molar-refractivity contribution in [1.82, 2.24) is 4.98 Å². The molecule has 3 N–H and O–H groups in total. The molecule has 0 aliphatic heterocycles. The Labute approximate surface area is 117 Å². The minimum absolute atomic E-state index is 0.212. The Bertz CT molecular complexity index is 582. The summed E-state index contributed by atoms with van der Waals surface area (Å²) >= 11 is 4.77. The highest BCUT2D eigenvalue weighted by molar-refractivity contribution is 9.10. The standard InChI is InChI=1S/C12H12BrN3OS/c1-7-4-8(13)2-3-9(7)16-12(17)10-6-18-11(5-14)15-10/h2-4,6H,5,14H2,1H3,(H,16,17). The second-order valence-corrected chi connectivity index (χ2v) is 5.60. The van der Waals surface area contributed by atoms with Crippen LogP contribution in [0.1, 0.15) is 21.1 Å². The predicted octanol–water partition coefficient (Wildman–Crippen LogP) is 2.93. The fourth-order valence-electron chi connectivity index (χ4n) is 1.46. The van der Waals surface area contributed by atoms with Gasteiger partial charge in [-0.25, -0.2) is 4.98 Å². The number of benzene rings is 1. The zero-order chi connectivity index (χ0) is 13.1. The van der Waals surface area contributed by atoms with E-state index in [0.717, 1.165) is 20.7 Å². The molecular formula is C12H12BrN3OS. The monoisotopic (exact) mass is 325 g/mol. The van der Waals surface area contributed by atoms with E-state index in [1.54, 1.807) is 5.38 Å². The molecule has 0 aliphatic rings. The van der Waals surface area contributed by atoms with Gasteiger partial charge in [0, 0.05) is 22.1 Å². The van der Waals surface area contributed by atoms with Gasteiger partial charge in [0.25, 0.3) is 5.91 Å². The number of hydrogen-bond donors (Lipinski definition) is 2. The van der Waals surface area contributed by atoms with Gasteiger partial charge >= 0.3 is 0 Å². The quantitative estimate of drug-likeness (QED) is 0.911. The van der Waals surface area contributed by atoms with E-state index < -0.39 is 0 Å². The van der Waals surface area contributed by atoms with Crippen molar-refractivity contribution in [2.24, 2.45) is 5.73 Å². The zero-order valence-electron chi connectivity index (χ0n) is 9.74. The van der Waals surface area contributed by atoms with Crippen molar-refractivity contribution in [2.75, 3.05) is 5.32 Å². The van der Waals surface area contributed by atoms with E-state index in [-0.39, 0.29) is 5.91 Å². The summed E-state index contributed by atoms with van der Waals surface area (Å²) in [5, 5.41) is 5.31. The molecule has 6 heteroatoms. The Kier molecular flexibility index (Phi) is 4.11. The van der Waals surface area contributed by atoms with Crippen LogP contribution in [0.3, 0.4) is 0 Å². The lowest BCUT2D eigenvalue weighted by Crippen LogP contribution is -2.13.